The Labute approximate surface area is 402 Å². The van der Waals surface area contributed by atoms with E-state index in [2.05, 4.69) is 74.6 Å². The fraction of sp³-hybridized carbons (Fsp3) is 0.804. The van der Waals surface area contributed by atoms with Gasteiger partial charge in [0.2, 0.25) is 0 Å². The molecule has 0 aromatic rings. The SMILES string of the molecule is CC/C=C\C/C=C\C/C=C\C/C=C\C/C=C\CCCCOCC(COP(=O)([O-])OCC[N+](C)(C)C)OC(=O)CCCCCCCCCCCCCCCCCCCCCCCCCCC. The standard InChI is InChI=1S/C56H104NO7P/c1-6-8-10-12-14-16-18-20-22-24-26-27-28-29-30-31-32-33-35-37-39-41-43-45-47-49-56(58)64-55(54-63-65(59,60)62-52-50-57(3,4)5)53-61-51-48-46-44-42-40-38-36-34-25-23-21-19-17-15-13-11-9-7-2/h9,11,15,17,21,23,34,36,40,42,55H,6-8,10,12-14,16,18-20,22,24-33,35,37-39,41,43-54H2,1-5H3/b11-9-,17-15-,23-21-,36-34-,42-40-. The molecule has 0 amide bonds. The van der Waals surface area contributed by atoms with E-state index in [1.807, 2.05) is 21.1 Å². The molecule has 0 aliphatic rings. The number of phosphoric acid groups is 1. The number of carbonyl (C=O) groups is 1. The lowest BCUT2D eigenvalue weighted by molar-refractivity contribution is -0.870. The number of likely N-dealkylation sites (N-methyl/N-ethyl adjacent to an activating group) is 1. The smallest absolute Gasteiger partial charge is 0.306 e. The molecule has 0 aliphatic heterocycles. The fourth-order valence-electron chi connectivity index (χ4n) is 7.46. The molecule has 0 rings (SSSR count). The lowest BCUT2D eigenvalue weighted by Gasteiger charge is -2.28. The number of hydrogen-bond donors (Lipinski definition) is 0. The molecule has 0 aromatic heterocycles. The minimum absolute atomic E-state index is 0.0166. The second-order valence-electron chi connectivity index (χ2n) is 19.2. The van der Waals surface area contributed by atoms with Gasteiger partial charge in [-0.3, -0.25) is 9.36 Å². The summed E-state index contributed by atoms with van der Waals surface area (Å²) in [6.45, 7) is 5.21. The summed E-state index contributed by atoms with van der Waals surface area (Å²) in [5.74, 6) is -0.346. The highest BCUT2D eigenvalue weighted by Gasteiger charge is 2.20. The molecule has 9 heteroatoms. The number of quaternary nitrogens is 1. The van der Waals surface area contributed by atoms with Gasteiger partial charge in [0, 0.05) is 13.0 Å². The first-order chi connectivity index (χ1) is 31.6. The highest BCUT2D eigenvalue weighted by atomic mass is 31.2. The Bertz CT molecular complexity index is 1220. The van der Waals surface area contributed by atoms with Crippen LogP contribution >= 0.6 is 7.82 Å². The number of carbonyl (C=O) groups excluding carboxylic acids is 1. The van der Waals surface area contributed by atoms with Crippen LogP contribution in [0.2, 0.25) is 0 Å². The van der Waals surface area contributed by atoms with Crippen LogP contribution in [0.4, 0.5) is 0 Å². The first kappa shape index (κ1) is 63.2. The van der Waals surface area contributed by atoms with Crippen molar-refractivity contribution >= 4 is 13.8 Å². The molecule has 0 bridgehead atoms. The van der Waals surface area contributed by atoms with Gasteiger partial charge in [-0.2, -0.15) is 0 Å². The molecule has 0 fully saturated rings. The number of nitrogens with zero attached hydrogens (tertiary/aromatic N) is 1. The molecule has 0 saturated heterocycles. The summed E-state index contributed by atoms with van der Waals surface area (Å²) in [7, 11) is 1.33. The van der Waals surface area contributed by atoms with Crippen molar-refractivity contribution in [2.24, 2.45) is 0 Å². The van der Waals surface area contributed by atoms with Gasteiger partial charge in [-0.1, -0.05) is 229 Å². The van der Waals surface area contributed by atoms with Gasteiger partial charge in [-0.15, -0.1) is 0 Å². The zero-order chi connectivity index (χ0) is 47.6. The third kappa shape index (κ3) is 53.0. The van der Waals surface area contributed by atoms with Crippen molar-refractivity contribution in [3.8, 4) is 0 Å². The Kier molecular flexibility index (Phi) is 47.3. The monoisotopic (exact) mass is 934 g/mol. The average Bonchev–Trinajstić information content (AvgIpc) is 3.27. The van der Waals surface area contributed by atoms with Crippen molar-refractivity contribution in [2.75, 3.05) is 54.1 Å². The predicted octanol–water partition coefficient (Wildman–Crippen LogP) is 16.2. The predicted molar refractivity (Wildman–Crippen MR) is 277 cm³/mol. The van der Waals surface area contributed by atoms with Crippen LogP contribution in [0.5, 0.6) is 0 Å². The van der Waals surface area contributed by atoms with Gasteiger partial charge >= 0.3 is 5.97 Å². The molecule has 0 spiro atoms. The number of ether oxygens (including phenoxy) is 2. The van der Waals surface area contributed by atoms with E-state index in [9.17, 15) is 14.3 Å². The molecule has 2 unspecified atom stereocenters. The molecular formula is C56H104NO7P. The van der Waals surface area contributed by atoms with Crippen LogP contribution in [0.1, 0.15) is 232 Å². The van der Waals surface area contributed by atoms with Crippen LogP contribution in [0.25, 0.3) is 0 Å². The van der Waals surface area contributed by atoms with Crippen LogP contribution in [-0.4, -0.2) is 70.7 Å². The first-order valence-electron chi connectivity index (χ1n) is 27.0. The van der Waals surface area contributed by atoms with Crippen LogP contribution in [0.3, 0.4) is 0 Å². The number of unbranched alkanes of at least 4 members (excludes halogenated alkanes) is 26. The van der Waals surface area contributed by atoms with Crippen molar-refractivity contribution < 1.29 is 37.3 Å². The molecule has 380 valence electrons. The summed E-state index contributed by atoms with van der Waals surface area (Å²) in [5.41, 5.74) is 0. The summed E-state index contributed by atoms with van der Waals surface area (Å²) >= 11 is 0. The summed E-state index contributed by atoms with van der Waals surface area (Å²) < 4.78 is 34.7. The second-order valence-corrected chi connectivity index (χ2v) is 20.6. The zero-order valence-electron chi connectivity index (χ0n) is 43.2. The number of phosphoric ester groups is 1. The van der Waals surface area contributed by atoms with Gasteiger partial charge in [0.05, 0.1) is 34.4 Å². The van der Waals surface area contributed by atoms with Gasteiger partial charge in [0.25, 0.3) is 7.82 Å². The third-order valence-corrected chi connectivity index (χ3v) is 12.5. The maximum atomic E-state index is 12.8. The highest BCUT2D eigenvalue weighted by molar-refractivity contribution is 7.45. The minimum Gasteiger partial charge on any atom is -0.756 e. The fourth-order valence-corrected chi connectivity index (χ4v) is 8.19. The molecule has 0 radical (unpaired) electrons. The van der Waals surface area contributed by atoms with Crippen molar-refractivity contribution in [2.45, 2.75) is 238 Å². The van der Waals surface area contributed by atoms with E-state index < -0.39 is 13.9 Å². The second kappa shape index (κ2) is 48.6. The maximum Gasteiger partial charge on any atom is 0.306 e. The Balaban J connectivity index is 4.12. The normalized spacial score (nSPS) is 14.0. The molecule has 0 heterocycles. The Morgan fingerprint density at radius 1 is 0.492 bits per heavy atom. The average molecular weight is 934 g/mol. The molecule has 0 N–H and O–H groups in total. The van der Waals surface area contributed by atoms with E-state index in [1.54, 1.807) is 0 Å². The summed E-state index contributed by atoms with van der Waals surface area (Å²) in [5, 5.41) is 0. The van der Waals surface area contributed by atoms with E-state index in [-0.39, 0.29) is 25.8 Å². The number of rotatable bonds is 50. The van der Waals surface area contributed by atoms with Gasteiger partial charge in [-0.25, -0.2) is 0 Å². The van der Waals surface area contributed by atoms with E-state index >= 15 is 0 Å². The molecule has 65 heavy (non-hydrogen) atoms. The summed E-state index contributed by atoms with van der Waals surface area (Å²) in [6, 6.07) is 0. The Morgan fingerprint density at radius 2 is 0.892 bits per heavy atom. The van der Waals surface area contributed by atoms with Gasteiger partial charge in [0.15, 0.2) is 0 Å². The largest absolute Gasteiger partial charge is 0.756 e. The van der Waals surface area contributed by atoms with Crippen LogP contribution in [0.15, 0.2) is 60.8 Å². The van der Waals surface area contributed by atoms with Crippen LogP contribution < -0.4 is 4.89 Å². The van der Waals surface area contributed by atoms with Crippen molar-refractivity contribution in [3.05, 3.63) is 60.8 Å². The number of hydrogen-bond acceptors (Lipinski definition) is 7. The molecule has 0 saturated carbocycles. The lowest BCUT2D eigenvalue weighted by atomic mass is 10.0. The maximum absolute atomic E-state index is 12.8. The van der Waals surface area contributed by atoms with Crippen LogP contribution in [0, 0.1) is 0 Å². The number of esters is 1. The summed E-state index contributed by atoms with van der Waals surface area (Å²) in [6.07, 6.45) is 62.7. The van der Waals surface area contributed by atoms with E-state index in [0.717, 1.165) is 70.6 Å². The van der Waals surface area contributed by atoms with E-state index in [4.69, 9.17) is 18.5 Å². The topological polar surface area (TPSA) is 94.1 Å². The quantitative estimate of drug-likeness (QED) is 0.0197. The molecule has 2 atom stereocenters. The van der Waals surface area contributed by atoms with Crippen molar-refractivity contribution in [1.82, 2.24) is 0 Å². The minimum atomic E-state index is -4.55. The van der Waals surface area contributed by atoms with E-state index in [0.29, 0.717) is 24.1 Å². The van der Waals surface area contributed by atoms with Crippen molar-refractivity contribution in [1.29, 1.82) is 0 Å². The molecule has 0 aliphatic carbocycles. The van der Waals surface area contributed by atoms with Gasteiger partial charge in [-0.05, 0) is 57.8 Å². The molecule has 0 aromatic carbocycles. The molecule has 8 nitrogen and oxygen atoms in total. The van der Waals surface area contributed by atoms with E-state index in [1.165, 1.54) is 141 Å². The Morgan fingerprint density at radius 3 is 1.31 bits per heavy atom. The summed E-state index contributed by atoms with van der Waals surface area (Å²) in [4.78, 5) is 25.2. The highest BCUT2D eigenvalue weighted by Crippen LogP contribution is 2.38. The lowest BCUT2D eigenvalue weighted by Crippen LogP contribution is -2.37. The first-order valence-corrected chi connectivity index (χ1v) is 28.5. The zero-order valence-corrected chi connectivity index (χ0v) is 44.1. The molecular weight excluding hydrogens is 830 g/mol. The van der Waals surface area contributed by atoms with Gasteiger partial charge in [0.1, 0.15) is 19.3 Å². The van der Waals surface area contributed by atoms with Crippen LogP contribution in [-0.2, 0) is 27.9 Å². The van der Waals surface area contributed by atoms with Gasteiger partial charge < -0.3 is 27.9 Å². The number of allylic oxidation sites excluding steroid dienone is 10. The Hall–Kier alpha value is -1.80. The van der Waals surface area contributed by atoms with Crippen molar-refractivity contribution in [3.63, 3.8) is 0 Å². The third-order valence-electron chi connectivity index (χ3n) is 11.6.